The molecule has 0 amide bonds. The Morgan fingerprint density at radius 2 is 0.274 bits per heavy atom. The van der Waals surface area contributed by atoms with Crippen molar-refractivity contribution in [3.63, 3.8) is 0 Å². The zero-order valence-corrected chi connectivity index (χ0v) is 52.9. The quantitative estimate of drug-likeness (QED) is 0.0316. The molecule has 17 heteroatoms. The molecule has 0 aromatic heterocycles. The molecule has 0 fully saturated rings. The van der Waals surface area contributed by atoms with Crippen LogP contribution in [-0.2, 0) is 82.7 Å². The maximum absolute atomic E-state index is 11.4. The molecule has 0 heterocycles. The maximum atomic E-state index is 11.4. The van der Waals surface area contributed by atoms with Gasteiger partial charge in [-0.3, -0.25) is 0 Å². The van der Waals surface area contributed by atoms with E-state index in [4.69, 9.17) is 56.8 Å². The molecule has 73 heavy (non-hydrogen) atoms. The molecule has 0 atom stereocenters. The first-order valence-corrected chi connectivity index (χ1v) is 29.0. The number of ether oxygens (including phenoxy) is 12. The number of unbranched alkanes of at least 4 members (excludes halogenated alkanes) is 12. The van der Waals surface area contributed by atoms with E-state index >= 15 is 0 Å². The van der Waals surface area contributed by atoms with E-state index in [-0.39, 0.29) is 25.8 Å². The summed E-state index contributed by atoms with van der Waals surface area (Å²) < 4.78 is 66.7. The van der Waals surface area contributed by atoms with E-state index in [1.165, 1.54) is 0 Å². The van der Waals surface area contributed by atoms with Crippen molar-refractivity contribution in [3.05, 3.63) is 0 Å². The van der Waals surface area contributed by atoms with Gasteiger partial charge in [-0.15, -0.1) is 0 Å². The molecule has 0 rings (SSSR count). The van der Waals surface area contributed by atoms with Crippen LogP contribution >= 0.6 is 0 Å². The van der Waals surface area contributed by atoms with E-state index in [0.717, 1.165) is 154 Å². The molecular formula is C56H116HfO16. The van der Waals surface area contributed by atoms with Gasteiger partial charge in [-0.05, 0) is 77.0 Å². The van der Waals surface area contributed by atoms with E-state index in [2.05, 4.69) is 83.1 Å². The van der Waals surface area contributed by atoms with Crippen molar-refractivity contribution in [1.82, 2.24) is 0 Å². The topological polar surface area (TPSA) is 203 Å². The first-order valence-electron chi connectivity index (χ1n) is 29.0. The minimum Gasteiger partial charge on any atom is -0.849 e. The van der Waals surface area contributed by atoms with Crippen molar-refractivity contribution < 1.29 is 103 Å². The zero-order valence-electron chi connectivity index (χ0n) is 49.3. The van der Waals surface area contributed by atoms with Gasteiger partial charge in [0.25, 0.3) is 23.9 Å². The summed E-state index contributed by atoms with van der Waals surface area (Å²) in [7, 11) is 0. The van der Waals surface area contributed by atoms with Crippen molar-refractivity contribution in [2.24, 2.45) is 0 Å². The third kappa shape index (κ3) is 50.2. The van der Waals surface area contributed by atoms with Gasteiger partial charge in [0.15, 0.2) is 0 Å². The van der Waals surface area contributed by atoms with Crippen LogP contribution in [0, 0.1) is 0 Å². The second kappa shape index (κ2) is 63.1. The molecule has 0 saturated carbocycles. The summed E-state index contributed by atoms with van der Waals surface area (Å²) in [6.45, 7) is 29.1. The van der Waals surface area contributed by atoms with E-state index < -0.39 is 50.3 Å². The average Bonchev–Trinajstić information content (AvgIpc) is 3.39. The average molecular weight is 1220 g/mol. The molecule has 0 aliphatic heterocycles. The number of hydrogen-bond donors (Lipinski definition) is 0. The minimum absolute atomic E-state index is 0. The van der Waals surface area contributed by atoms with Gasteiger partial charge < -0.3 is 77.3 Å². The van der Waals surface area contributed by atoms with Gasteiger partial charge in [0.1, 0.15) is 0 Å². The maximum Gasteiger partial charge on any atom is 4.00 e. The molecule has 0 saturated heterocycles. The fourth-order valence-corrected chi connectivity index (χ4v) is 5.46. The summed E-state index contributed by atoms with van der Waals surface area (Å²) in [5, 5.41) is 45.4. The third-order valence-corrected chi connectivity index (χ3v) is 10.5. The van der Waals surface area contributed by atoms with Gasteiger partial charge in [0, 0.05) is 0 Å². The molecular weight excluding hydrogens is 1110 g/mol. The molecule has 0 aliphatic rings. The molecule has 0 bridgehead atoms. The van der Waals surface area contributed by atoms with Crippen molar-refractivity contribution in [2.45, 2.75) is 261 Å². The van der Waals surface area contributed by atoms with E-state index in [9.17, 15) is 20.4 Å². The van der Waals surface area contributed by atoms with Crippen LogP contribution < -0.4 is 20.4 Å². The first-order chi connectivity index (χ1) is 35.0. The Balaban J connectivity index is -0.000000280. The van der Waals surface area contributed by atoms with Crippen LogP contribution in [0.4, 0.5) is 0 Å². The Morgan fingerprint density at radius 3 is 0.329 bits per heavy atom. The summed E-state index contributed by atoms with van der Waals surface area (Å²) in [4.78, 5) is 0. The summed E-state index contributed by atoms with van der Waals surface area (Å²) in [6.07, 6.45) is 23.3. The Labute approximate surface area is 467 Å². The Hall–Kier alpha value is 0.230. The normalized spacial score (nSPS) is 11.8. The Bertz CT molecular complexity index is 746. The minimum atomic E-state index is -1.36. The molecule has 440 valence electrons. The smallest absolute Gasteiger partial charge is 0.849 e. The second-order valence-electron chi connectivity index (χ2n) is 17.7. The summed E-state index contributed by atoms with van der Waals surface area (Å²) in [5.74, 6) is -5.45. The van der Waals surface area contributed by atoms with E-state index in [1.807, 2.05) is 0 Å². The molecule has 0 aliphatic carbocycles. The number of hydrogen-bond acceptors (Lipinski definition) is 16. The summed E-state index contributed by atoms with van der Waals surface area (Å²) >= 11 is 0. The van der Waals surface area contributed by atoms with Crippen LogP contribution in [0.15, 0.2) is 0 Å². The van der Waals surface area contributed by atoms with Crippen molar-refractivity contribution >= 4 is 0 Å². The summed E-state index contributed by atoms with van der Waals surface area (Å²) in [5.41, 5.74) is 0. The standard InChI is InChI=1S/4C14H29O4.Hf/c4*1-4-7-10-16-14(13-15,17-11-8-5-2)18-12-9-6-3;/h4*4-13H2,1-3H3;/q4*-1;+4. The predicted octanol–water partition coefficient (Wildman–Crippen LogP) is 9.80. The van der Waals surface area contributed by atoms with Crippen molar-refractivity contribution in [2.75, 3.05) is 106 Å². The number of rotatable bonds is 52. The molecule has 0 radical (unpaired) electrons. The van der Waals surface area contributed by atoms with E-state index in [1.54, 1.807) is 0 Å². The largest absolute Gasteiger partial charge is 4.00 e. The van der Waals surface area contributed by atoms with Gasteiger partial charge >= 0.3 is 25.8 Å². The predicted molar refractivity (Wildman–Crippen MR) is 281 cm³/mol. The molecule has 16 nitrogen and oxygen atoms in total. The summed E-state index contributed by atoms with van der Waals surface area (Å²) in [6, 6.07) is 0. The van der Waals surface area contributed by atoms with Crippen LogP contribution in [-0.4, -0.2) is 130 Å². The van der Waals surface area contributed by atoms with Crippen LogP contribution in [0.1, 0.15) is 237 Å². The SMILES string of the molecule is CCCCOC(C[O-])(OCCCC)OCCCC.CCCCOC(C[O-])(OCCCC)OCCCC.CCCCOC(C[O-])(OCCCC)OCCCC.CCCCOC(C[O-])(OCCCC)OCCCC.[Hf+4]. The molecule has 0 spiro atoms. The van der Waals surface area contributed by atoms with Gasteiger partial charge in [0.05, 0.1) is 79.3 Å². The zero-order chi connectivity index (χ0) is 54.8. The van der Waals surface area contributed by atoms with Gasteiger partial charge in [-0.1, -0.05) is 187 Å². The second-order valence-corrected chi connectivity index (χ2v) is 17.7. The molecule has 0 aromatic rings. The Morgan fingerprint density at radius 1 is 0.192 bits per heavy atom. The molecule has 0 unspecified atom stereocenters. The Kier molecular flexibility index (Phi) is 70.9. The van der Waals surface area contributed by atoms with Gasteiger partial charge in [-0.25, -0.2) is 0 Å². The fraction of sp³-hybridized carbons (Fsp3) is 1.00. The monoisotopic (exact) mass is 1220 g/mol. The fourth-order valence-electron chi connectivity index (χ4n) is 5.46. The van der Waals surface area contributed by atoms with Crippen molar-refractivity contribution in [1.29, 1.82) is 0 Å². The first kappa shape index (κ1) is 82.1. The van der Waals surface area contributed by atoms with Crippen LogP contribution in [0.3, 0.4) is 0 Å². The van der Waals surface area contributed by atoms with Crippen LogP contribution in [0.5, 0.6) is 0 Å². The molecule has 0 N–H and O–H groups in total. The van der Waals surface area contributed by atoms with Gasteiger partial charge in [-0.2, -0.15) is 0 Å². The molecule has 0 aromatic carbocycles. The van der Waals surface area contributed by atoms with Crippen LogP contribution in [0.2, 0.25) is 0 Å². The van der Waals surface area contributed by atoms with E-state index in [0.29, 0.717) is 79.3 Å². The third-order valence-electron chi connectivity index (χ3n) is 10.5. The van der Waals surface area contributed by atoms with Crippen molar-refractivity contribution in [3.8, 4) is 0 Å². The van der Waals surface area contributed by atoms with Crippen LogP contribution in [0.25, 0.3) is 0 Å². The van der Waals surface area contributed by atoms with Gasteiger partial charge in [0.2, 0.25) is 0 Å².